The number of carbonyl (C=O) groups excluding carboxylic acids is 3. The number of aryl methyl sites for hydroxylation is 1. The zero-order valence-corrected chi connectivity index (χ0v) is 24.1. The van der Waals surface area contributed by atoms with Crippen LogP contribution in [-0.2, 0) is 14.4 Å². The Balaban J connectivity index is 1.82. The second-order valence-electron chi connectivity index (χ2n) is 10.8. The molecule has 1 aromatic rings. The predicted octanol–water partition coefficient (Wildman–Crippen LogP) is 4.07. The van der Waals surface area contributed by atoms with E-state index in [0.29, 0.717) is 43.1 Å². The number of hydrogen-bond donors (Lipinski definition) is 1. The van der Waals surface area contributed by atoms with Crippen LogP contribution >= 0.6 is 23.4 Å². The van der Waals surface area contributed by atoms with Crippen molar-refractivity contribution >= 4 is 46.8 Å². The van der Waals surface area contributed by atoms with Crippen LogP contribution in [0.3, 0.4) is 0 Å². The van der Waals surface area contributed by atoms with Gasteiger partial charge in [-0.1, -0.05) is 35.9 Å². The van der Waals surface area contributed by atoms with Crippen LogP contribution < -0.4 is 4.90 Å². The van der Waals surface area contributed by atoms with Crippen LogP contribution in [-0.4, -0.2) is 81.5 Å². The normalized spacial score (nSPS) is 29.3. The minimum absolute atomic E-state index is 0.0108. The van der Waals surface area contributed by atoms with Crippen molar-refractivity contribution in [3.8, 4) is 0 Å². The molecule has 5 atom stereocenters. The molecule has 3 fully saturated rings. The number of amides is 3. The van der Waals surface area contributed by atoms with E-state index in [0.717, 1.165) is 12.0 Å². The van der Waals surface area contributed by atoms with Crippen molar-refractivity contribution in [2.75, 3.05) is 38.2 Å². The number of aliphatic hydroxyl groups excluding tert-OH is 1. The second-order valence-corrected chi connectivity index (χ2v) is 13.1. The molecule has 1 spiro atoms. The van der Waals surface area contributed by atoms with Crippen molar-refractivity contribution < 1.29 is 19.5 Å². The fraction of sp³-hybridized carbons (Fsp3) is 0.552. The van der Waals surface area contributed by atoms with E-state index in [1.54, 1.807) is 51.7 Å². The van der Waals surface area contributed by atoms with Crippen molar-refractivity contribution in [2.24, 2.45) is 11.8 Å². The Bertz CT molecular complexity index is 1120. The molecule has 1 N–H and O–H groups in total. The molecule has 206 valence electrons. The zero-order chi connectivity index (χ0) is 27.8. The summed E-state index contributed by atoms with van der Waals surface area (Å²) in [6.07, 6.45) is 5.87. The summed E-state index contributed by atoms with van der Waals surface area (Å²) in [5.74, 6) is -1.53. The number of rotatable bonds is 11. The van der Waals surface area contributed by atoms with Crippen LogP contribution in [0.15, 0.2) is 43.5 Å². The first kappa shape index (κ1) is 28.7. The summed E-state index contributed by atoms with van der Waals surface area (Å²) in [6, 6.07) is 4.77. The van der Waals surface area contributed by atoms with E-state index in [-0.39, 0.29) is 30.9 Å². The van der Waals surface area contributed by atoms with Crippen LogP contribution in [0.4, 0.5) is 5.69 Å². The summed E-state index contributed by atoms with van der Waals surface area (Å²) in [4.78, 5) is 47.5. The number of nitrogens with zero attached hydrogens (tertiary/aromatic N) is 3. The standard InChI is InChI=1S/C29H38ClN3O4S/c1-6-15-31(5)25(35)21-22-26(36)33(17-8-9-18-34)24(29(22)14-13-28(21,4)38-29)27(37)32(16-7-2)23-19(3)11-10-12-20(23)30/h6-7,10-12,21-22,24,34H,1-2,8-9,13-18H2,3-5H3/t21-,22+,24?,28+,29?/m1/s1. The number of fused-ring (bicyclic) bond motifs is 1. The molecule has 0 radical (unpaired) electrons. The van der Waals surface area contributed by atoms with Crippen molar-refractivity contribution in [2.45, 2.75) is 55.1 Å². The summed E-state index contributed by atoms with van der Waals surface area (Å²) < 4.78 is -1.15. The molecular formula is C29H38ClN3O4S. The molecule has 0 saturated carbocycles. The van der Waals surface area contributed by atoms with E-state index in [9.17, 15) is 19.5 Å². The van der Waals surface area contributed by atoms with E-state index in [2.05, 4.69) is 20.1 Å². The van der Waals surface area contributed by atoms with Gasteiger partial charge in [-0.2, -0.15) is 0 Å². The van der Waals surface area contributed by atoms with E-state index in [4.69, 9.17) is 11.6 Å². The lowest BCUT2D eigenvalue weighted by Crippen LogP contribution is -2.55. The Morgan fingerprint density at radius 1 is 1.21 bits per heavy atom. The molecule has 3 heterocycles. The molecule has 4 rings (SSSR count). The van der Waals surface area contributed by atoms with Gasteiger partial charge < -0.3 is 19.8 Å². The molecule has 2 unspecified atom stereocenters. The summed E-state index contributed by atoms with van der Waals surface area (Å²) in [6.45, 7) is 12.6. The Kier molecular flexibility index (Phi) is 8.36. The monoisotopic (exact) mass is 559 g/mol. The molecule has 2 bridgehead atoms. The molecule has 1 aromatic carbocycles. The van der Waals surface area contributed by atoms with Gasteiger partial charge in [0.2, 0.25) is 11.8 Å². The Hall–Kier alpha value is -2.29. The molecule has 38 heavy (non-hydrogen) atoms. The minimum atomic E-state index is -0.747. The highest BCUT2D eigenvalue weighted by atomic mass is 35.5. The highest BCUT2D eigenvalue weighted by molar-refractivity contribution is 8.02. The Morgan fingerprint density at radius 3 is 2.55 bits per heavy atom. The molecule has 3 aliphatic heterocycles. The predicted molar refractivity (Wildman–Crippen MR) is 153 cm³/mol. The number of thioether (sulfide) groups is 1. The number of unbranched alkanes of at least 4 members (excludes halogenated alkanes) is 1. The van der Waals surface area contributed by atoms with Gasteiger partial charge in [0.15, 0.2) is 0 Å². The Labute approximate surface area is 234 Å². The maximum absolute atomic E-state index is 14.6. The van der Waals surface area contributed by atoms with Gasteiger partial charge in [0.25, 0.3) is 5.91 Å². The lowest BCUT2D eigenvalue weighted by atomic mass is 9.66. The number of benzene rings is 1. The molecule has 9 heteroatoms. The van der Waals surface area contributed by atoms with Gasteiger partial charge in [0.1, 0.15) is 6.04 Å². The highest BCUT2D eigenvalue weighted by Gasteiger charge is 2.77. The van der Waals surface area contributed by atoms with Crippen LogP contribution in [0, 0.1) is 18.8 Å². The summed E-state index contributed by atoms with van der Waals surface area (Å²) >= 11 is 8.27. The van der Waals surface area contributed by atoms with E-state index >= 15 is 0 Å². The molecule has 3 aliphatic rings. The molecule has 3 saturated heterocycles. The molecule has 0 aromatic heterocycles. The first-order valence-electron chi connectivity index (χ1n) is 13.2. The third kappa shape index (κ3) is 4.48. The van der Waals surface area contributed by atoms with Gasteiger partial charge in [0.05, 0.1) is 27.3 Å². The minimum Gasteiger partial charge on any atom is -0.396 e. The SMILES string of the molecule is C=CCN(C)C(=O)[C@H]1[C@H]2C(=O)N(CCCCO)C(C(=O)N(CC=C)c3c(C)cccc3Cl)C23CC[C@]1(C)S3. The number of likely N-dealkylation sites (N-methyl/N-ethyl adjacent to an activating group) is 1. The first-order chi connectivity index (χ1) is 18.1. The van der Waals surface area contributed by atoms with Crippen LogP contribution in [0.5, 0.6) is 0 Å². The quantitative estimate of drug-likeness (QED) is 0.326. The van der Waals surface area contributed by atoms with Gasteiger partial charge in [-0.15, -0.1) is 24.9 Å². The third-order valence-electron chi connectivity index (χ3n) is 8.40. The number of carbonyl (C=O) groups is 3. The zero-order valence-electron chi connectivity index (χ0n) is 22.5. The second kappa shape index (κ2) is 11.1. The number of aliphatic hydroxyl groups is 1. The van der Waals surface area contributed by atoms with Gasteiger partial charge in [-0.25, -0.2) is 0 Å². The van der Waals surface area contributed by atoms with Crippen molar-refractivity contribution in [1.82, 2.24) is 9.80 Å². The summed E-state index contributed by atoms with van der Waals surface area (Å²) in [5.41, 5.74) is 1.47. The first-order valence-corrected chi connectivity index (χ1v) is 14.4. The van der Waals surface area contributed by atoms with Crippen LogP contribution in [0.1, 0.15) is 38.2 Å². The maximum atomic E-state index is 14.6. The maximum Gasteiger partial charge on any atom is 0.251 e. The largest absolute Gasteiger partial charge is 0.396 e. The van der Waals surface area contributed by atoms with Gasteiger partial charge >= 0.3 is 0 Å². The van der Waals surface area contributed by atoms with E-state index in [1.165, 1.54) is 0 Å². The summed E-state index contributed by atoms with van der Waals surface area (Å²) in [5, 5.41) is 9.87. The smallest absolute Gasteiger partial charge is 0.251 e. The fourth-order valence-corrected chi connectivity index (χ4v) is 9.44. The number of para-hydroxylation sites is 1. The molecular weight excluding hydrogens is 522 g/mol. The fourth-order valence-electron chi connectivity index (χ4n) is 6.77. The van der Waals surface area contributed by atoms with E-state index < -0.39 is 27.4 Å². The lowest BCUT2D eigenvalue weighted by molar-refractivity contribution is -0.144. The number of anilines is 1. The van der Waals surface area contributed by atoms with Crippen molar-refractivity contribution in [3.05, 3.63) is 54.1 Å². The Morgan fingerprint density at radius 2 is 1.92 bits per heavy atom. The molecule has 3 amide bonds. The van der Waals surface area contributed by atoms with Crippen LogP contribution in [0.25, 0.3) is 0 Å². The topological polar surface area (TPSA) is 81.2 Å². The lowest BCUT2D eigenvalue weighted by Gasteiger charge is -2.38. The molecule has 7 nitrogen and oxygen atoms in total. The van der Waals surface area contributed by atoms with Crippen molar-refractivity contribution in [1.29, 1.82) is 0 Å². The average molecular weight is 560 g/mol. The number of halogens is 1. The number of likely N-dealkylation sites (tertiary alicyclic amines) is 1. The van der Waals surface area contributed by atoms with Crippen molar-refractivity contribution in [3.63, 3.8) is 0 Å². The van der Waals surface area contributed by atoms with E-state index in [1.807, 2.05) is 19.1 Å². The summed E-state index contributed by atoms with van der Waals surface area (Å²) in [7, 11) is 1.74. The van der Waals surface area contributed by atoms with Gasteiger partial charge in [-0.3, -0.25) is 14.4 Å². The van der Waals surface area contributed by atoms with Crippen LogP contribution in [0.2, 0.25) is 5.02 Å². The average Bonchev–Trinajstić information content (AvgIpc) is 3.43. The molecule has 0 aliphatic carbocycles. The number of hydrogen-bond acceptors (Lipinski definition) is 5. The third-order valence-corrected chi connectivity index (χ3v) is 10.7. The highest BCUT2D eigenvalue weighted by Crippen LogP contribution is 2.71. The van der Waals surface area contributed by atoms with Gasteiger partial charge in [-0.05, 0) is 51.2 Å². The van der Waals surface area contributed by atoms with Gasteiger partial charge in [0, 0.05) is 38.0 Å².